The third kappa shape index (κ3) is 4.25. The highest BCUT2D eigenvalue weighted by molar-refractivity contribution is 5.49. The fraction of sp³-hybridized carbons (Fsp3) is 0.111. The zero-order valence-corrected chi connectivity index (χ0v) is 17.0. The first-order valence-corrected chi connectivity index (χ1v) is 10.1. The molecular weight excluding hydrogens is 413 g/mol. The zero-order valence-electron chi connectivity index (χ0n) is 17.0. The number of rotatable bonds is 6. The summed E-state index contributed by atoms with van der Waals surface area (Å²) in [6.45, 7) is 0. The molecule has 4 rings (SSSR count). The molecule has 0 aromatic heterocycles. The van der Waals surface area contributed by atoms with Crippen LogP contribution in [0.1, 0.15) is 28.4 Å². The third-order valence-corrected chi connectivity index (χ3v) is 5.32. The van der Waals surface area contributed by atoms with Crippen molar-refractivity contribution in [3.63, 3.8) is 0 Å². The first-order chi connectivity index (χ1) is 15.4. The molecular formula is C27H21F3O2. The van der Waals surface area contributed by atoms with Crippen molar-refractivity contribution in [2.75, 3.05) is 0 Å². The molecule has 0 aliphatic heterocycles. The average molecular weight is 434 g/mol. The van der Waals surface area contributed by atoms with E-state index in [4.69, 9.17) is 4.74 Å². The molecule has 1 atom stereocenters. The fourth-order valence-electron chi connectivity index (χ4n) is 3.78. The van der Waals surface area contributed by atoms with E-state index < -0.39 is 17.9 Å². The van der Waals surface area contributed by atoms with Crippen molar-refractivity contribution in [1.82, 2.24) is 0 Å². The van der Waals surface area contributed by atoms with Gasteiger partial charge in [0.05, 0.1) is 0 Å². The second-order valence-corrected chi connectivity index (χ2v) is 7.39. The van der Waals surface area contributed by atoms with Crippen LogP contribution in [-0.4, -0.2) is 11.3 Å². The minimum Gasteiger partial charge on any atom is -0.473 e. The molecule has 0 amide bonds. The molecule has 32 heavy (non-hydrogen) atoms. The summed E-state index contributed by atoms with van der Waals surface area (Å²) in [5.74, 6) is 0.375. The lowest BCUT2D eigenvalue weighted by molar-refractivity contribution is -0.206. The fourth-order valence-corrected chi connectivity index (χ4v) is 3.78. The predicted octanol–water partition coefficient (Wildman–Crippen LogP) is 6.65. The average Bonchev–Trinajstić information content (AvgIpc) is 2.83. The minimum atomic E-state index is -4.73. The molecule has 0 spiro atoms. The van der Waals surface area contributed by atoms with E-state index in [0.717, 1.165) is 16.7 Å². The molecule has 4 aromatic rings. The molecule has 162 valence electrons. The van der Waals surface area contributed by atoms with Gasteiger partial charge in [0.2, 0.25) is 0 Å². The Kier molecular flexibility index (Phi) is 6.01. The molecule has 1 unspecified atom stereocenters. The van der Waals surface area contributed by atoms with Gasteiger partial charge >= 0.3 is 6.18 Å². The molecule has 0 aliphatic carbocycles. The van der Waals surface area contributed by atoms with Crippen molar-refractivity contribution in [3.8, 4) is 5.75 Å². The monoisotopic (exact) mass is 434 g/mol. The van der Waals surface area contributed by atoms with E-state index in [0.29, 0.717) is 5.75 Å². The van der Waals surface area contributed by atoms with E-state index in [1.807, 2.05) is 91.0 Å². The lowest BCUT2D eigenvalue weighted by atomic mass is 9.80. The molecule has 0 heterocycles. The van der Waals surface area contributed by atoms with Crippen molar-refractivity contribution in [3.05, 3.63) is 138 Å². The summed E-state index contributed by atoms with van der Waals surface area (Å²) >= 11 is 0. The van der Waals surface area contributed by atoms with Crippen LogP contribution in [0.3, 0.4) is 0 Å². The van der Waals surface area contributed by atoms with Crippen LogP contribution in [-0.2, 0) is 5.60 Å². The quantitative estimate of drug-likeness (QED) is 0.344. The van der Waals surface area contributed by atoms with E-state index in [-0.39, 0.29) is 5.56 Å². The number of benzene rings is 4. The summed E-state index contributed by atoms with van der Waals surface area (Å²) in [4.78, 5) is 0. The zero-order chi connectivity index (χ0) is 22.6. The Morgan fingerprint density at radius 3 is 1.28 bits per heavy atom. The van der Waals surface area contributed by atoms with E-state index in [1.165, 1.54) is 24.3 Å². The Labute approximate surface area is 184 Å². The summed E-state index contributed by atoms with van der Waals surface area (Å²) in [7, 11) is 0. The second kappa shape index (κ2) is 8.89. The molecule has 0 radical (unpaired) electrons. The summed E-state index contributed by atoms with van der Waals surface area (Å²) < 4.78 is 45.3. The molecule has 0 aliphatic rings. The molecule has 1 N–H and O–H groups in total. The van der Waals surface area contributed by atoms with Gasteiger partial charge in [-0.15, -0.1) is 0 Å². The van der Waals surface area contributed by atoms with Crippen molar-refractivity contribution in [2.45, 2.75) is 17.9 Å². The molecule has 2 nitrogen and oxygen atoms in total. The lowest BCUT2D eigenvalue weighted by Crippen LogP contribution is -2.36. The number of aliphatic hydroxyl groups excluding tert-OH is 1. The molecule has 0 saturated heterocycles. The maximum absolute atomic E-state index is 12.9. The van der Waals surface area contributed by atoms with E-state index in [1.54, 1.807) is 0 Å². The van der Waals surface area contributed by atoms with Gasteiger partial charge in [0.1, 0.15) is 5.75 Å². The molecule has 0 fully saturated rings. The highest BCUT2D eigenvalue weighted by atomic mass is 19.4. The van der Waals surface area contributed by atoms with Crippen LogP contribution in [0.15, 0.2) is 115 Å². The molecule has 0 bridgehead atoms. The van der Waals surface area contributed by atoms with Gasteiger partial charge in [-0.3, -0.25) is 0 Å². The largest absolute Gasteiger partial charge is 0.473 e. The van der Waals surface area contributed by atoms with Gasteiger partial charge in [-0.25, -0.2) is 0 Å². The van der Waals surface area contributed by atoms with Gasteiger partial charge in [-0.1, -0.05) is 103 Å². The van der Waals surface area contributed by atoms with Gasteiger partial charge in [-0.05, 0) is 17.7 Å². The van der Waals surface area contributed by atoms with E-state index >= 15 is 0 Å². The van der Waals surface area contributed by atoms with Crippen LogP contribution in [0.4, 0.5) is 13.2 Å². The van der Waals surface area contributed by atoms with Crippen molar-refractivity contribution >= 4 is 0 Å². The maximum Gasteiger partial charge on any atom is 0.418 e. The SMILES string of the molecule is OC(c1ccc(OC(c2ccccc2)(c2ccccc2)c2ccccc2)cc1)C(F)(F)F. The first kappa shape index (κ1) is 21.7. The van der Waals surface area contributed by atoms with Gasteiger partial charge in [0.25, 0.3) is 0 Å². The Morgan fingerprint density at radius 1 is 0.562 bits per heavy atom. The van der Waals surface area contributed by atoms with Crippen LogP contribution in [0.25, 0.3) is 0 Å². The van der Waals surface area contributed by atoms with Crippen LogP contribution in [0, 0.1) is 0 Å². The van der Waals surface area contributed by atoms with E-state index in [9.17, 15) is 18.3 Å². The standard InChI is InChI=1S/C27H21F3O2/c28-27(29,30)25(31)20-16-18-24(19-17-20)32-26(21-10-4-1-5-11-21,22-12-6-2-7-13-22)23-14-8-3-9-15-23/h1-19,25,31H. The topological polar surface area (TPSA) is 29.5 Å². The molecule has 4 aromatic carbocycles. The van der Waals surface area contributed by atoms with Crippen LogP contribution < -0.4 is 4.74 Å². The Morgan fingerprint density at radius 2 is 0.938 bits per heavy atom. The third-order valence-electron chi connectivity index (χ3n) is 5.32. The van der Waals surface area contributed by atoms with Crippen molar-refractivity contribution < 1.29 is 23.0 Å². The summed E-state index contributed by atoms with van der Waals surface area (Å²) in [6, 6.07) is 34.4. The first-order valence-electron chi connectivity index (χ1n) is 10.1. The van der Waals surface area contributed by atoms with Crippen molar-refractivity contribution in [1.29, 1.82) is 0 Å². The van der Waals surface area contributed by atoms with Gasteiger partial charge < -0.3 is 9.84 Å². The Bertz CT molecular complexity index is 1030. The van der Waals surface area contributed by atoms with Crippen LogP contribution in [0.2, 0.25) is 0 Å². The lowest BCUT2D eigenvalue weighted by Gasteiger charge is -2.36. The van der Waals surface area contributed by atoms with Gasteiger partial charge in [0, 0.05) is 16.7 Å². The van der Waals surface area contributed by atoms with Crippen molar-refractivity contribution in [2.24, 2.45) is 0 Å². The van der Waals surface area contributed by atoms with Gasteiger partial charge in [0.15, 0.2) is 11.7 Å². The van der Waals surface area contributed by atoms with Gasteiger partial charge in [-0.2, -0.15) is 13.2 Å². The van der Waals surface area contributed by atoms with E-state index in [2.05, 4.69) is 0 Å². The summed E-state index contributed by atoms with van der Waals surface area (Å²) in [5, 5.41) is 9.55. The number of halogens is 3. The highest BCUT2D eigenvalue weighted by Crippen LogP contribution is 2.41. The number of ether oxygens (including phenoxy) is 1. The predicted molar refractivity (Wildman–Crippen MR) is 117 cm³/mol. The highest BCUT2D eigenvalue weighted by Gasteiger charge is 2.40. The van der Waals surface area contributed by atoms with Crippen LogP contribution in [0.5, 0.6) is 5.75 Å². The molecule has 0 saturated carbocycles. The normalized spacial score (nSPS) is 12.9. The summed E-state index contributed by atoms with van der Waals surface area (Å²) in [5.41, 5.74) is 1.34. The minimum absolute atomic E-state index is 0.241. The Balaban J connectivity index is 1.85. The second-order valence-electron chi connectivity index (χ2n) is 7.39. The number of aliphatic hydroxyl groups is 1. The molecule has 5 heteroatoms. The smallest absolute Gasteiger partial charge is 0.418 e. The summed E-state index contributed by atoms with van der Waals surface area (Å²) in [6.07, 6.45) is -7.27. The number of hydrogen-bond donors (Lipinski definition) is 1. The maximum atomic E-state index is 12.9. The van der Waals surface area contributed by atoms with Crippen LogP contribution >= 0.6 is 0 Å². The number of alkyl halides is 3. The Hall–Kier alpha value is -3.57. The number of hydrogen-bond acceptors (Lipinski definition) is 2.